The molecule has 0 fully saturated rings. The van der Waals surface area contributed by atoms with Crippen LogP contribution in [0.3, 0.4) is 0 Å². The molecule has 13 heavy (non-hydrogen) atoms. The van der Waals surface area contributed by atoms with Crippen LogP contribution in [0.15, 0.2) is 24.3 Å². The number of carboxylic acids is 1. The summed E-state index contributed by atoms with van der Waals surface area (Å²) in [6, 6.07) is 6.80. The number of fused-ring (bicyclic) bond motifs is 1. The van der Waals surface area contributed by atoms with E-state index in [1.165, 1.54) is 0 Å². The lowest BCUT2D eigenvalue weighted by Crippen LogP contribution is -2.31. The van der Waals surface area contributed by atoms with Gasteiger partial charge in [0.05, 0.1) is 0 Å². The van der Waals surface area contributed by atoms with Crippen LogP contribution in [0, 0.1) is 5.21 Å². The molecule has 2 rings (SSSR count). The molecule has 2 aromatic rings. The molecule has 4 nitrogen and oxygen atoms in total. The maximum atomic E-state index is 11.3. The van der Waals surface area contributed by atoms with Crippen LogP contribution in [-0.2, 0) is 0 Å². The van der Waals surface area contributed by atoms with E-state index in [-0.39, 0.29) is 5.01 Å². The Hall–Kier alpha value is -1.62. The minimum absolute atomic E-state index is 0.193. The molecule has 0 aliphatic carbocycles. The third kappa shape index (κ3) is 1.13. The number of rotatable bonds is 1. The van der Waals surface area contributed by atoms with Gasteiger partial charge < -0.3 is 10.3 Å². The Balaban J connectivity index is 2.81. The quantitative estimate of drug-likeness (QED) is 0.549. The van der Waals surface area contributed by atoms with E-state index in [9.17, 15) is 10.0 Å². The minimum Gasteiger partial charge on any atom is -0.617 e. The highest BCUT2D eigenvalue weighted by Crippen LogP contribution is 2.19. The summed E-state index contributed by atoms with van der Waals surface area (Å²) >= 11 is 0.983. The summed E-state index contributed by atoms with van der Waals surface area (Å²) in [4.78, 5) is 10.6. The van der Waals surface area contributed by atoms with Gasteiger partial charge in [-0.3, -0.25) is 0 Å². The second-order valence-electron chi connectivity index (χ2n) is 2.47. The van der Waals surface area contributed by atoms with Crippen LogP contribution in [0.4, 0.5) is 0 Å². The zero-order valence-electron chi connectivity index (χ0n) is 6.43. The predicted molar refractivity (Wildman–Crippen MR) is 47.7 cm³/mol. The lowest BCUT2D eigenvalue weighted by molar-refractivity contribution is -0.575. The van der Waals surface area contributed by atoms with Gasteiger partial charge in [0.25, 0.3) is 0 Å². The van der Waals surface area contributed by atoms with Crippen molar-refractivity contribution >= 4 is 27.5 Å². The van der Waals surface area contributed by atoms with Crippen molar-refractivity contribution in [2.75, 3.05) is 0 Å². The highest BCUT2D eigenvalue weighted by molar-refractivity contribution is 7.19. The van der Waals surface area contributed by atoms with Gasteiger partial charge in [-0.1, -0.05) is 23.5 Å². The third-order valence-corrected chi connectivity index (χ3v) is 2.76. The number of hydrogen-bond acceptors (Lipinski definition) is 3. The first-order valence-corrected chi connectivity index (χ1v) is 4.36. The van der Waals surface area contributed by atoms with Crippen LogP contribution in [0.2, 0.25) is 0 Å². The number of carbonyl (C=O) groups is 1. The summed E-state index contributed by atoms with van der Waals surface area (Å²) in [6.45, 7) is 0. The smallest absolute Gasteiger partial charge is 0.414 e. The first kappa shape index (κ1) is 8.00. The molecule has 1 heterocycles. The van der Waals surface area contributed by atoms with Crippen molar-refractivity contribution in [2.45, 2.75) is 0 Å². The van der Waals surface area contributed by atoms with Gasteiger partial charge in [-0.15, -0.1) is 4.73 Å². The van der Waals surface area contributed by atoms with Crippen molar-refractivity contribution < 1.29 is 14.6 Å². The number of nitrogens with zero attached hydrogens (tertiary/aromatic N) is 1. The monoisotopic (exact) mass is 195 g/mol. The van der Waals surface area contributed by atoms with Crippen LogP contribution in [0.5, 0.6) is 0 Å². The average molecular weight is 195 g/mol. The molecular formula is C8H5NO3S. The normalized spacial score (nSPS) is 10.5. The Morgan fingerprint density at radius 3 is 2.77 bits per heavy atom. The standard InChI is InChI=1S/C8H5NO3S/c10-8(11)7-9(12)5-3-1-2-4-6(5)13-7/h1-4H,(H,10,11). The Morgan fingerprint density at radius 1 is 1.46 bits per heavy atom. The maximum Gasteiger partial charge on any atom is 0.414 e. The molecule has 0 unspecified atom stereocenters. The van der Waals surface area contributed by atoms with Crippen molar-refractivity contribution in [1.82, 2.24) is 0 Å². The van der Waals surface area contributed by atoms with Gasteiger partial charge in [-0.25, -0.2) is 4.79 Å². The SMILES string of the molecule is O=C(O)c1sc2ccccc2[n+]1[O-]. The fraction of sp³-hybridized carbons (Fsp3) is 0. The summed E-state index contributed by atoms with van der Waals surface area (Å²) in [5.41, 5.74) is 0.407. The summed E-state index contributed by atoms with van der Waals surface area (Å²) in [5.74, 6) is -1.18. The van der Waals surface area contributed by atoms with Crippen molar-refractivity contribution in [3.63, 3.8) is 0 Å². The second kappa shape index (κ2) is 2.70. The van der Waals surface area contributed by atoms with E-state index in [0.29, 0.717) is 14.9 Å². The number of hydrogen-bond donors (Lipinski definition) is 1. The lowest BCUT2D eigenvalue weighted by Gasteiger charge is -1.92. The molecule has 1 N–H and O–H groups in total. The third-order valence-electron chi connectivity index (χ3n) is 1.66. The molecule has 0 radical (unpaired) electrons. The van der Waals surface area contributed by atoms with E-state index in [1.807, 2.05) is 0 Å². The summed E-state index contributed by atoms with van der Waals surface area (Å²) in [7, 11) is 0. The number of aromatic nitrogens is 1. The molecule has 0 aliphatic heterocycles. The van der Waals surface area contributed by atoms with Crippen molar-refractivity contribution in [3.05, 3.63) is 34.5 Å². The van der Waals surface area contributed by atoms with Crippen molar-refractivity contribution in [3.8, 4) is 0 Å². The van der Waals surface area contributed by atoms with Gasteiger partial charge in [0.15, 0.2) is 0 Å². The molecule has 0 saturated heterocycles. The zero-order valence-corrected chi connectivity index (χ0v) is 7.25. The van der Waals surface area contributed by atoms with Crippen LogP contribution in [0.25, 0.3) is 10.2 Å². The number of aromatic carboxylic acids is 1. The molecule has 0 spiro atoms. The molecule has 0 atom stereocenters. The van der Waals surface area contributed by atoms with Crippen molar-refractivity contribution in [1.29, 1.82) is 0 Å². The number of thiazole rings is 1. The lowest BCUT2D eigenvalue weighted by atomic mass is 10.3. The summed E-state index contributed by atoms with van der Waals surface area (Å²) in [6.07, 6.45) is 0. The summed E-state index contributed by atoms with van der Waals surface area (Å²) < 4.78 is 1.14. The topological polar surface area (TPSA) is 64.2 Å². The largest absolute Gasteiger partial charge is 0.617 e. The van der Waals surface area contributed by atoms with Crippen LogP contribution >= 0.6 is 11.3 Å². The van der Waals surface area contributed by atoms with E-state index in [2.05, 4.69) is 0 Å². The highest BCUT2D eigenvalue weighted by atomic mass is 32.1. The van der Waals surface area contributed by atoms with E-state index < -0.39 is 5.97 Å². The van der Waals surface area contributed by atoms with E-state index >= 15 is 0 Å². The molecule has 0 amide bonds. The summed E-state index contributed by atoms with van der Waals surface area (Å²) in [5, 5.41) is 19.8. The molecule has 66 valence electrons. The minimum atomic E-state index is -1.18. The van der Waals surface area contributed by atoms with Gasteiger partial charge in [-0.05, 0) is 6.07 Å². The van der Waals surface area contributed by atoms with Crippen LogP contribution in [-0.4, -0.2) is 11.1 Å². The van der Waals surface area contributed by atoms with Gasteiger partial charge in [0.1, 0.15) is 4.70 Å². The van der Waals surface area contributed by atoms with E-state index in [1.54, 1.807) is 24.3 Å². The maximum absolute atomic E-state index is 11.3. The zero-order chi connectivity index (χ0) is 9.42. The molecule has 1 aromatic heterocycles. The Labute approximate surface area is 77.3 Å². The number of carboxylic acid groups (broad SMARTS) is 1. The molecule has 5 heteroatoms. The van der Waals surface area contributed by atoms with Crippen molar-refractivity contribution in [2.24, 2.45) is 0 Å². The van der Waals surface area contributed by atoms with Crippen LogP contribution < -0.4 is 4.73 Å². The fourth-order valence-corrected chi connectivity index (χ4v) is 1.98. The molecule has 0 saturated carbocycles. The first-order chi connectivity index (χ1) is 6.20. The Morgan fingerprint density at radius 2 is 2.15 bits per heavy atom. The van der Waals surface area contributed by atoms with Gasteiger partial charge in [0, 0.05) is 6.07 Å². The predicted octanol–water partition coefficient (Wildman–Crippen LogP) is 1.23. The Kier molecular flexibility index (Phi) is 1.66. The fourth-order valence-electron chi connectivity index (χ4n) is 1.10. The van der Waals surface area contributed by atoms with Gasteiger partial charge >= 0.3 is 11.0 Å². The van der Waals surface area contributed by atoms with Crippen LogP contribution in [0.1, 0.15) is 9.80 Å². The molecule has 0 bridgehead atoms. The average Bonchev–Trinajstić information content (AvgIpc) is 2.45. The van der Waals surface area contributed by atoms with Gasteiger partial charge in [-0.2, -0.15) is 0 Å². The molecule has 1 aromatic carbocycles. The molecular weight excluding hydrogens is 190 g/mol. The number of para-hydroxylation sites is 1. The van der Waals surface area contributed by atoms with E-state index in [4.69, 9.17) is 5.11 Å². The highest BCUT2D eigenvalue weighted by Gasteiger charge is 2.21. The van der Waals surface area contributed by atoms with Gasteiger partial charge in [0.2, 0.25) is 5.52 Å². The Bertz CT molecular complexity index is 477. The van der Waals surface area contributed by atoms with E-state index in [0.717, 1.165) is 11.3 Å². The first-order valence-electron chi connectivity index (χ1n) is 3.54. The molecule has 0 aliphatic rings. The second-order valence-corrected chi connectivity index (χ2v) is 3.51. The number of benzene rings is 1.